The molecule has 1 nitrogen and oxygen atoms in total. The van der Waals surface area contributed by atoms with Crippen molar-refractivity contribution in [2.75, 3.05) is 0 Å². The lowest BCUT2D eigenvalue weighted by molar-refractivity contribution is -0.162. The molecule has 0 aromatic heterocycles. The first kappa shape index (κ1) is 8.84. The quantitative estimate of drug-likeness (QED) is 0.669. The summed E-state index contributed by atoms with van der Waals surface area (Å²) in [5, 5.41) is 8.98. The van der Waals surface area contributed by atoms with Gasteiger partial charge in [0.25, 0.3) is 0 Å². The van der Waals surface area contributed by atoms with Crippen LogP contribution in [0.2, 0.25) is 0 Å². The molecule has 0 aromatic rings. The number of aliphatic hydroxyl groups excluding tert-OH is 1. The van der Waals surface area contributed by atoms with E-state index in [4.69, 9.17) is 5.11 Å². The van der Waals surface area contributed by atoms with Crippen molar-refractivity contribution < 1.29 is 18.3 Å². The van der Waals surface area contributed by atoms with Gasteiger partial charge in [-0.3, -0.25) is 0 Å². The summed E-state index contributed by atoms with van der Waals surface area (Å²) in [6.07, 6.45) is -3.97. The van der Waals surface area contributed by atoms with Crippen LogP contribution >= 0.6 is 0 Å². The Labute approximate surface area is 63.2 Å². The SMILES string of the molecule is OC(CC(F)(F)F)C1CCC1. The maximum atomic E-state index is 11.7. The van der Waals surface area contributed by atoms with Gasteiger partial charge in [-0.15, -0.1) is 0 Å². The maximum Gasteiger partial charge on any atom is 0.391 e. The highest BCUT2D eigenvalue weighted by molar-refractivity contribution is 4.78. The fraction of sp³-hybridized carbons (Fsp3) is 1.00. The van der Waals surface area contributed by atoms with E-state index in [1.165, 1.54) is 0 Å². The van der Waals surface area contributed by atoms with Crippen molar-refractivity contribution in [2.24, 2.45) is 5.92 Å². The number of alkyl halides is 3. The van der Waals surface area contributed by atoms with Crippen molar-refractivity contribution in [2.45, 2.75) is 38.0 Å². The minimum Gasteiger partial charge on any atom is -0.392 e. The molecule has 0 heterocycles. The molecule has 0 spiro atoms. The van der Waals surface area contributed by atoms with Gasteiger partial charge in [-0.2, -0.15) is 13.2 Å². The number of aliphatic hydroxyl groups is 1. The summed E-state index contributed by atoms with van der Waals surface area (Å²) in [6, 6.07) is 0. The van der Waals surface area contributed by atoms with Gasteiger partial charge in [0.1, 0.15) is 0 Å². The van der Waals surface area contributed by atoms with E-state index in [0.29, 0.717) is 0 Å². The van der Waals surface area contributed by atoms with Gasteiger partial charge < -0.3 is 5.11 Å². The van der Waals surface area contributed by atoms with E-state index >= 15 is 0 Å². The Morgan fingerprint density at radius 1 is 1.36 bits per heavy atom. The molecule has 66 valence electrons. The molecule has 1 rings (SSSR count). The van der Waals surface area contributed by atoms with Gasteiger partial charge in [-0.1, -0.05) is 6.42 Å². The summed E-state index contributed by atoms with van der Waals surface area (Å²) in [5.74, 6) is -0.100. The minimum absolute atomic E-state index is 0.100. The van der Waals surface area contributed by atoms with E-state index in [9.17, 15) is 13.2 Å². The Balaban J connectivity index is 2.24. The standard InChI is InChI=1S/C7H11F3O/c8-7(9,10)4-6(11)5-2-1-3-5/h5-6,11H,1-4H2. The second kappa shape index (κ2) is 3.01. The van der Waals surface area contributed by atoms with Crippen molar-refractivity contribution in [3.05, 3.63) is 0 Å². The molecule has 0 radical (unpaired) electrons. The fourth-order valence-corrected chi connectivity index (χ4v) is 1.23. The third kappa shape index (κ3) is 2.69. The second-order valence-corrected chi connectivity index (χ2v) is 3.08. The number of halogens is 3. The van der Waals surface area contributed by atoms with E-state index in [-0.39, 0.29) is 5.92 Å². The van der Waals surface area contributed by atoms with Gasteiger partial charge in [0.2, 0.25) is 0 Å². The molecule has 1 N–H and O–H groups in total. The first-order valence-corrected chi connectivity index (χ1v) is 3.74. The van der Waals surface area contributed by atoms with Crippen molar-refractivity contribution in [1.82, 2.24) is 0 Å². The van der Waals surface area contributed by atoms with Crippen LogP contribution in [0.5, 0.6) is 0 Å². The summed E-state index contributed by atoms with van der Waals surface area (Å²) in [6.45, 7) is 0. The van der Waals surface area contributed by atoms with Crippen LogP contribution in [-0.4, -0.2) is 17.4 Å². The van der Waals surface area contributed by atoms with Crippen molar-refractivity contribution in [1.29, 1.82) is 0 Å². The lowest BCUT2D eigenvalue weighted by Gasteiger charge is -2.30. The highest BCUT2D eigenvalue weighted by Gasteiger charge is 2.36. The fourth-order valence-electron chi connectivity index (χ4n) is 1.23. The third-order valence-corrected chi connectivity index (χ3v) is 2.13. The monoisotopic (exact) mass is 168 g/mol. The zero-order chi connectivity index (χ0) is 8.48. The first-order chi connectivity index (χ1) is 4.99. The van der Waals surface area contributed by atoms with Gasteiger partial charge in [-0.25, -0.2) is 0 Å². The van der Waals surface area contributed by atoms with Gasteiger partial charge in [-0.05, 0) is 18.8 Å². The van der Waals surface area contributed by atoms with Crippen LogP contribution in [0.3, 0.4) is 0 Å². The van der Waals surface area contributed by atoms with Crippen molar-refractivity contribution in [3.63, 3.8) is 0 Å². The normalized spacial score (nSPS) is 22.9. The van der Waals surface area contributed by atoms with Crippen LogP contribution in [0.25, 0.3) is 0 Å². The summed E-state index contributed by atoms with van der Waals surface area (Å²) in [4.78, 5) is 0. The van der Waals surface area contributed by atoms with Crippen molar-refractivity contribution >= 4 is 0 Å². The van der Waals surface area contributed by atoms with E-state index in [0.717, 1.165) is 19.3 Å². The van der Waals surface area contributed by atoms with E-state index in [1.807, 2.05) is 0 Å². The molecule has 4 heteroatoms. The average Bonchev–Trinajstić information content (AvgIpc) is 1.50. The van der Waals surface area contributed by atoms with Crippen LogP contribution in [0.4, 0.5) is 13.2 Å². The number of hydrogen-bond acceptors (Lipinski definition) is 1. The topological polar surface area (TPSA) is 20.2 Å². The van der Waals surface area contributed by atoms with E-state index in [2.05, 4.69) is 0 Å². The Hall–Kier alpha value is -0.250. The molecule has 0 bridgehead atoms. The van der Waals surface area contributed by atoms with E-state index < -0.39 is 18.7 Å². The van der Waals surface area contributed by atoms with Crippen LogP contribution in [0.1, 0.15) is 25.7 Å². The molecule has 1 unspecified atom stereocenters. The Bertz CT molecular complexity index is 128. The smallest absolute Gasteiger partial charge is 0.391 e. The Morgan fingerprint density at radius 3 is 2.18 bits per heavy atom. The second-order valence-electron chi connectivity index (χ2n) is 3.08. The number of rotatable bonds is 2. The molecule has 0 saturated heterocycles. The number of hydrogen-bond donors (Lipinski definition) is 1. The largest absolute Gasteiger partial charge is 0.392 e. The molecular formula is C7H11F3O. The van der Waals surface area contributed by atoms with Crippen LogP contribution in [-0.2, 0) is 0 Å². The first-order valence-electron chi connectivity index (χ1n) is 3.74. The van der Waals surface area contributed by atoms with Gasteiger partial charge in [0, 0.05) is 0 Å². The van der Waals surface area contributed by atoms with Crippen LogP contribution in [0, 0.1) is 5.92 Å². The molecule has 1 atom stereocenters. The lowest BCUT2D eigenvalue weighted by Crippen LogP contribution is -2.31. The Morgan fingerprint density at radius 2 is 1.91 bits per heavy atom. The van der Waals surface area contributed by atoms with Gasteiger partial charge >= 0.3 is 6.18 Å². The average molecular weight is 168 g/mol. The predicted octanol–water partition coefficient (Wildman–Crippen LogP) is 2.10. The molecule has 1 fully saturated rings. The van der Waals surface area contributed by atoms with Crippen LogP contribution in [0.15, 0.2) is 0 Å². The molecule has 11 heavy (non-hydrogen) atoms. The lowest BCUT2D eigenvalue weighted by atomic mass is 9.80. The molecule has 1 aliphatic rings. The molecule has 1 aliphatic carbocycles. The molecule has 0 aromatic carbocycles. The van der Waals surface area contributed by atoms with Gasteiger partial charge in [0.15, 0.2) is 0 Å². The predicted molar refractivity (Wildman–Crippen MR) is 34.0 cm³/mol. The zero-order valence-corrected chi connectivity index (χ0v) is 6.06. The minimum atomic E-state index is -4.21. The van der Waals surface area contributed by atoms with E-state index in [1.54, 1.807) is 0 Å². The Kier molecular flexibility index (Phi) is 2.42. The molecule has 0 amide bonds. The van der Waals surface area contributed by atoms with Crippen LogP contribution < -0.4 is 0 Å². The molecule has 0 aliphatic heterocycles. The highest BCUT2D eigenvalue weighted by atomic mass is 19.4. The maximum absolute atomic E-state index is 11.7. The van der Waals surface area contributed by atoms with Crippen molar-refractivity contribution in [3.8, 4) is 0 Å². The summed E-state index contributed by atoms with van der Waals surface area (Å²) >= 11 is 0. The van der Waals surface area contributed by atoms with Gasteiger partial charge in [0.05, 0.1) is 12.5 Å². The summed E-state index contributed by atoms with van der Waals surface area (Å²) in [5.41, 5.74) is 0. The zero-order valence-electron chi connectivity index (χ0n) is 6.06. The third-order valence-electron chi connectivity index (χ3n) is 2.13. The highest BCUT2D eigenvalue weighted by Crippen LogP contribution is 2.34. The molecule has 1 saturated carbocycles. The summed E-state index contributed by atoms with van der Waals surface area (Å²) < 4.78 is 35.0. The summed E-state index contributed by atoms with van der Waals surface area (Å²) in [7, 11) is 0. The molecular weight excluding hydrogens is 157 g/mol.